The monoisotopic (exact) mass is 296 g/mol. The molecule has 22 heavy (non-hydrogen) atoms. The van der Waals surface area contributed by atoms with Crippen molar-refractivity contribution in [2.24, 2.45) is 5.92 Å². The number of aliphatic carboxylic acids is 1. The minimum absolute atomic E-state index is 0.0746. The summed E-state index contributed by atoms with van der Waals surface area (Å²) < 4.78 is 0. The van der Waals surface area contributed by atoms with E-state index < -0.39 is 23.8 Å². The molecular weight excluding hydrogens is 280 g/mol. The van der Waals surface area contributed by atoms with Gasteiger partial charge in [-0.05, 0) is 36.2 Å². The van der Waals surface area contributed by atoms with Crippen LogP contribution in [0.2, 0.25) is 0 Å². The highest BCUT2D eigenvalue weighted by atomic mass is 16.4. The normalized spacial score (nSPS) is 13.1. The number of carbonyl (C=O) groups is 2. The number of nitrogens with one attached hydrogen (secondary N) is 1. The molecule has 2 rings (SSSR count). The fourth-order valence-electron chi connectivity index (χ4n) is 2.20. The van der Waals surface area contributed by atoms with E-state index in [4.69, 9.17) is 10.4 Å². The number of nitriles is 1. The Hall–Kier alpha value is -2.87. The summed E-state index contributed by atoms with van der Waals surface area (Å²) in [5.74, 6) is -2.04. The summed E-state index contributed by atoms with van der Waals surface area (Å²) in [7, 11) is 0. The van der Waals surface area contributed by atoms with Crippen LogP contribution in [0.25, 0.3) is 10.8 Å². The molecule has 0 aliphatic rings. The van der Waals surface area contributed by atoms with Gasteiger partial charge in [0.1, 0.15) is 6.04 Å². The molecule has 2 atom stereocenters. The average molecular weight is 296 g/mol. The van der Waals surface area contributed by atoms with Crippen LogP contribution in [0.4, 0.5) is 0 Å². The molecule has 1 amide bonds. The Morgan fingerprint density at radius 3 is 2.55 bits per heavy atom. The summed E-state index contributed by atoms with van der Waals surface area (Å²) in [5, 5.41) is 22.3. The summed E-state index contributed by atoms with van der Waals surface area (Å²) in [6.45, 7) is 1.62. The molecule has 0 unspecified atom stereocenters. The summed E-state index contributed by atoms with van der Waals surface area (Å²) in [6, 6.07) is 13.7. The van der Waals surface area contributed by atoms with Gasteiger partial charge < -0.3 is 10.4 Å². The van der Waals surface area contributed by atoms with E-state index in [1.165, 1.54) is 0 Å². The fraction of sp³-hybridized carbons (Fsp3) is 0.235. The molecule has 0 spiro atoms. The Balaban J connectivity index is 2.18. The van der Waals surface area contributed by atoms with Crippen molar-refractivity contribution in [3.8, 4) is 6.07 Å². The lowest BCUT2D eigenvalue weighted by molar-refractivity contribution is -0.139. The van der Waals surface area contributed by atoms with E-state index in [9.17, 15) is 9.59 Å². The Bertz CT molecular complexity index is 749. The van der Waals surface area contributed by atoms with E-state index in [1.54, 1.807) is 19.1 Å². The van der Waals surface area contributed by atoms with Crippen LogP contribution in [0.3, 0.4) is 0 Å². The topological polar surface area (TPSA) is 90.2 Å². The molecule has 0 heterocycles. The van der Waals surface area contributed by atoms with Gasteiger partial charge in [0.15, 0.2) is 0 Å². The molecule has 5 heteroatoms. The fourth-order valence-corrected chi connectivity index (χ4v) is 2.20. The average Bonchev–Trinajstić information content (AvgIpc) is 2.53. The third-order valence-electron chi connectivity index (χ3n) is 3.42. The lowest BCUT2D eigenvalue weighted by Crippen LogP contribution is -2.41. The second-order valence-electron chi connectivity index (χ2n) is 5.19. The van der Waals surface area contributed by atoms with Crippen LogP contribution in [0.1, 0.15) is 23.7 Å². The van der Waals surface area contributed by atoms with Crippen LogP contribution < -0.4 is 5.32 Å². The highest BCUT2D eigenvalue weighted by Gasteiger charge is 2.23. The molecule has 0 aromatic heterocycles. The first-order valence-electron chi connectivity index (χ1n) is 6.93. The van der Waals surface area contributed by atoms with Crippen LogP contribution in [-0.4, -0.2) is 23.0 Å². The number of benzene rings is 2. The molecule has 0 bridgehead atoms. The molecule has 0 saturated heterocycles. The van der Waals surface area contributed by atoms with Gasteiger partial charge in [0.05, 0.1) is 6.07 Å². The van der Waals surface area contributed by atoms with Gasteiger partial charge in [-0.3, -0.25) is 4.79 Å². The van der Waals surface area contributed by atoms with Crippen LogP contribution in [-0.2, 0) is 4.79 Å². The second kappa shape index (κ2) is 6.72. The number of hydrogen-bond acceptors (Lipinski definition) is 3. The van der Waals surface area contributed by atoms with Crippen LogP contribution >= 0.6 is 0 Å². The summed E-state index contributed by atoms with van der Waals surface area (Å²) >= 11 is 0. The number of carboxylic acids is 1. The maximum absolute atomic E-state index is 12.2. The third-order valence-corrected chi connectivity index (χ3v) is 3.42. The number of rotatable bonds is 5. The smallest absolute Gasteiger partial charge is 0.326 e. The van der Waals surface area contributed by atoms with Gasteiger partial charge in [-0.2, -0.15) is 5.26 Å². The second-order valence-corrected chi connectivity index (χ2v) is 5.19. The first-order valence-corrected chi connectivity index (χ1v) is 6.93. The van der Waals surface area contributed by atoms with E-state index >= 15 is 0 Å². The summed E-state index contributed by atoms with van der Waals surface area (Å²) in [6.07, 6.45) is 0.0746. The van der Waals surface area contributed by atoms with Crippen molar-refractivity contribution in [1.29, 1.82) is 5.26 Å². The predicted molar refractivity (Wildman–Crippen MR) is 82.2 cm³/mol. The highest BCUT2D eigenvalue weighted by molar-refractivity contribution is 6.00. The van der Waals surface area contributed by atoms with E-state index in [0.29, 0.717) is 5.56 Å². The van der Waals surface area contributed by atoms with E-state index in [1.807, 2.05) is 36.4 Å². The zero-order valence-corrected chi connectivity index (χ0v) is 12.1. The quantitative estimate of drug-likeness (QED) is 0.887. The third kappa shape index (κ3) is 3.61. The van der Waals surface area contributed by atoms with Crippen molar-refractivity contribution in [2.45, 2.75) is 19.4 Å². The SMILES string of the molecule is C[C@@H](C#N)C[C@@H](NC(=O)c1ccc2ccccc2c1)C(=O)O. The maximum atomic E-state index is 12.2. The molecular formula is C17H16N2O3. The lowest BCUT2D eigenvalue weighted by Gasteiger charge is -2.15. The van der Waals surface area contributed by atoms with Crippen molar-refractivity contribution in [2.75, 3.05) is 0 Å². The summed E-state index contributed by atoms with van der Waals surface area (Å²) in [4.78, 5) is 23.4. The van der Waals surface area contributed by atoms with Crippen molar-refractivity contribution in [1.82, 2.24) is 5.32 Å². The Morgan fingerprint density at radius 1 is 1.23 bits per heavy atom. The highest BCUT2D eigenvalue weighted by Crippen LogP contribution is 2.16. The number of nitrogens with zero attached hydrogens (tertiary/aromatic N) is 1. The molecule has 2 aromatic carbocycles. The first-order chi connectivity index (χ1) is 10.5. The number of amides is 1. The Labute approximate surface area is 128 Å². The van der Waals surface area contributed by atoms with Gasteiger partial charge in [0, 0.05) is 11.5 Å². The van der Waals surface area contributed by atoms with Gasteiger partial charge in [0.25, 0.3) is 5.91 Å². The minimum atomic E-state index is -1.14. The Morgan fingerprint density at radius 2 is 1.91 bits per heavy atom. The maximum Gasteiger partial charge on any atom is 0.326 e. The minimum Gasteiger partial charge on any atom is -0.480 e. The van der Waals surface area contributed by atoms with Crippen molar-refractivity contribution < 1.29 is 14.7 Å². The first kappa shape index (κ1) is 15.5. The van der Waals surface area contributed by atoms with Gasteiger partial charge in [-0.1, -0.05) is 30.3 Å². The van der Waals surface area contributed by atoms with Crippen LogP contribution in [0.15, 0.2) is 42.5 Å². The zero-order valence-electron chi connectivity index (χ0n) is 12.1. The molecule has 0 aliphatic heterocycles. The molecule has 2 N–H and O–H groups in total. The van der Waals surface area contributed by atoms with Gasteiger partial charge >= 0.3 is 5.97 Å². The molecule has 0 radical (unpaired) electrons. The largest absolute Gasteiger partial charge is 0.480 e. The van der Waals surface area contributed by atoms with Crippen molar-refractivity contribution in [3.05, 3.63) is 48.0 Å². The van der Waals surface area contributed by atoms with E-state index in [0.717, 1.165) is 10.8 Å². The summed E-state index contributed by atoms with van der Waals surface area (Å²) in [5.41, 5.74) is 0.398. The number of carboxylic acid groups (broad SMARTS) is 1. The zero-order chi connectivity index (χ0) is 16.1. The van der Waals surface area contributed by atoms with Crippen LogP contribution in [0.5, 0.6) is 0 Å². The molecule has 0 aliphatic carbocycles. The molecule has 5 nitrogen and oxygen atoms in total. The standard InChI is InChI=1S/C17H16N2O3/c1-11(10-18)8-15(17(21)22)19-16(20)14-7-6-12-4-2-3-5-13(12)9-14/h2-7,9,11,15H,8H2,1H3,(H,19,20)(H,21,22)/t11-,15-/m1/s1. The van der Waals surface area contributed by atoms with Gasteiger partial charge in [-0.25, -0.2) is 4.79 Å². The van der Waals surface area contributed by atoms with E-state index in [-0.39, 0.29) is 6.42 Å². The predicted octanol–water partition coefficient (Wildman–Crippen LogP) is 2.57. The number of carbonyl (C=O) groups excluding carboxylic acids is 1. The van der Waals surface area contributed by atoms with Crippen LogP contribution in [0, 0.1) is 17.2 Å². The van der Waals surface area contributed by atoms with Crippen molar-refractivity contribution in [3.63, 3.8) is 0 Å². The molecule has 112 valence electrons. The number of hydrogen-bond donors (Lipinski definition) is 2. The van der Waals surface area contributed by atoms with E-state index in [2.05, 4.69) is 5.32 Å². The number of fused-ring (bicyclic) bond motifs is 1. The van der Waals surface area contributed by atoms with Gasteiger partial charge in [-0.15, -0.1) is 0 Å². The van der Waals surface area contributed by atoms with Gasteiger partial charge in [0.2, 0.25) is 0 Å². The Kier molecular flexibility index (Phi) is 4.74. The molecule has 0 saturated carbocycles. The van der Waals surface area contributed by atoms with Crippen molar-refractivity contribution >= 4 is 22.6 Å². The lowest BCUT2D eigenvalue weighted by atomic mass is 10.0. The molecule has 0 fully saturated rings. The molecule has 2 aromatic rings.